The highest BCUT2D eigenvalue weighted by Gasteiger charge is 2.20. The molecule has 1 rings (SSSR count). The Bertz CT molecular complexity index is 553. The molecule has 1 atom stereocenters. The van der Waals surface area contributed by atoms with Gasteiger partial charge in [0, 0.05) is 11.3 Å². The molecule has 0 heterocycles. The van der Waals surface area contributed by atoms with Crippen molar-refractivity contribution in [3.8, 4) is 0 Å². The number of carbonyl (C=O) groups excluding carboxylic acids is 2. The average molecular weight is 313 g/mol. The molecule has 22 heavy (non-hydrogen) atoms. The number of esters is 1. The number of halogens is 1. The van der Waals surface area contributed by atoms with Crippen LogP contribution in [0.25, 0.3) is 0 Å². The lowest BCUT2D eigenvalue weighted by molar-refractivity contribution is -0.142. The van der Waals surface area contributed by atoms with E-state index in [1.165, 1.54) is 19.2 Å². The first-order chi connectivity index (χ1) is 10.1. The van der Waals surface area contributed by atoms with Crippen LogP contribution in [0.4, 0.5) is 14.9 Å². The number of amides is 1. The van der Waals surface area contributed by atoms with Gasteiger partial charge in [0.15, 0.2) is 0 Å². The summed E-state index contributed by atoms with van der Waals surface area (Å²) >= 11 is 0. The maximum Gasteiger partial charge on any atom is 0.412 e. The number of ether oxygens (including phenoxy) is 2. The van der Waals surface area contributed by atoms with Crippen LogP contribution in [0, 0.1) is 5.82 Å². The summed E-state index contributed by atoms with van der Waals surface area (Å²) in [4.78, 5) is 22.8. The van der Waals surface area contributed by atoms with Crippen LogP contribution in [-0.2, 0) is 14.3 Å². The molecule has 0 aliphatic heterocycles. The van der Waals surface area contributed by atoms with E-state index in [0.717, 1.165) is 6.07 Å². The third-order valence-electron chi connectivity index (χ3n) is 2.59. The molecule has 1 aromatic rings. The Labute approximate surface area is 128 Å². The van der Waals surface area contributed by atoms with Crippen LogP contribution in [-0.4, -0.2) is 29.9 Å². The van der Waals surface area contributed by atoms with E-state index in [1.807, 2.05) is 0 Å². The second kappa shape index (κ2) is 7.22. The van der Waals surface area contributed by atoms with E-state index >= 15 is 0 Å². The fraction of sp³-hybridized carbons (Fsp3) is 0.467. The van der Waals surface area contributed by atoms with Crippen molar-refractivity contribution in [2.24, 2.45) is 0 Å². The molecule has 7 heteroatoms. The minimum absolute atomic E-state index is 0.112. The molecule has 1 amide bonds. The number of methoxy groups -OCH3 is 1. The van der Waals surface area contributed by atoms with E-state index in [1.54, 1.807) is 20.8 Å². The average Bonchev–Trinajstić information content (AvgIpc) is 2.38. The van der Waals surface area contributed by atoms with Crippen molar-refractivity contribution < 1.29 is 28.6 Å². The van der Waals surface area contributed by atoms with Gasteiger partial charge >= 0.3 is 12.1 Å². The summed E-state index contributed by atoms with van der Waals surface area (Å²) in [5, 5.41) is 12.3. The summed E-state index contributed by atoms with van der Waals surface area (Å²) in [5.41, 5.74) is -0.536. The largest absolute Gasteiger partial charge is 0.469 e. The van der Waals surface area contributed by atoms with Gasteiger partial charge in [-0.05, 0) is 39.0 Å². The third kappa shape index (κ3) is 5.69. The molecule has 0 spiro atoms. The van der Waals surface area contributed by atoms with Crippen molar-refractivity contribution in [2.75, 3.05) is 12.4 Å². The van der Waals surface area contributed by atoms with Crippen molar-refractivity contribution in [3.63, 3.8) is 0 Å². The summed E-state index contributed by atoms with van der Waals surface area (Å²) in [6.45, 7) is 5.13. The van der Waals surface area contributed by atoms with Crippen LogP contribution < -0.4 is 5.32 Å². The first kappa shape index (κ1) is 17.9. The lowest BCUT2D eigenvalue weighted by atomic mass is 10.1. The Balaban J connectivity index is 2.85. The maximum atomic E-state index is 13.7. The number of benzene rings is 1. The van der Waals surface area contributed by atoms with Crippen LogP contribution in [0.15, 0.2) is 18.2 Å². The SMILES string of the molecule is COC(=O)CC(O)c1cc(NC(=O)OC(C)(C)C)ccc1F. The van der Waals surface area contributed by atoms with Gasteiger partial charge in [-0.1, -0.05) is 0 Å². The molecular formula is C15H20FNO5. The predicted octanol–water partition coefficient (Wildman–Crippen LogP) is 2.77. The highest BCUT2D eigenvalue weighted by atomic mass is 19.1. The van der Waals surface area contributed by atoms with Gasteiger partial charge in [-0.3, -0.25) is 10.1 Å². The summed E-state index contributed by atoms with van der Waals surface area (Å²) in [5.74, 6) is -1.36. The van der Waals surface area contributed by atoms with Crippen LogP contribution in [0.1, 0.15) is 38.9 Å². The van der Waals surface area contributed by atoms with E-state index in [4.69, 9.17) is 4.74 Å². The molecular weight excluding hydrogens is 293 g/mol. The quantitative estimate of drug-likeness (QED) is 0.835. The summed E-state index contributed by atoms with van der Waals surface area (Å²) in [6.07, 6.45) is -2.45. The zero-order valence-electron chi connectivity index (χ0n) is 13.0. The highest BCUT2D eigenvalue weighted by molar-refractivity contribution is 5.85. The number of hydrogen-bond acceptors (Lipinski definition) is 5. The van der Waals surface area contributed by atoms with Crippen molar-refractivity contribution >= 4 is 17.7 Å². The molecule has 122 valence electrons. The molecule has 0 fully saturated rings. The van der Waals surface area contributed by atoms with Crippen LogP contribution in [0.5, 0.6) is 0 Å². The number of hydrogen-bond donors (Lipinski definition) is 2. The fourth-order valence-electron chi connectivity index (χ4n) is 1.65. The van der Waals surface area contributed by atoms with Crippen LogP contribution >= 0.6 is 0 Å². The number of rotatable bonds is 4. The third-order valence-corrected chi connectivity index (χ3v) is 2.59. The van der Waals surface area contributed by atoms with Gasteiger partial charge in [-0.2, -0.15) is 0 Å². The summed E-state index contributed by atoms with van der Waals surface area (Å²) < 4.78 is 23.2. The normalized spacial score (nSPS) is 12.5. The van der Waals surface area contributed by atoms with E-state index in [-0.39, 0.29) is 17.7 Å². The molecule has 2 N–H and O–H groups in total. The highest BCUT2D eigenvalue weighted by Crippen LogP contribution is 2.24. The Morgan fingerprint density at radius 1 is 1.36 bits per heavy atom. The van der Waals surface area contributed by atoms with Gasteiger partial charge in [0.2, 0.25) is 0 Å². The van der Waals surface area contributed by atoms with Crippen molar-refractivity contribution in [3.05, 3.63) is 29.6 Å². The molecule has 0 bridgehead atoms. The molecule has 1 unspecified atom stereocenters. The maximum absolute atomic E-state index is 13.7. The molecule has 0 aliphatic carbocycles. The number of aliphatic hydroxyl groups is 1. The molecule has 0 saturated heterocycles. The smallest absolute Gasteiger partial charge is 0.412 e. The molecule has 0 saturated carbocycles. The van der Waals surface area contributed by atoms with Crippen LogP contribution in [0.2, 0.25) is 0 Å². The van der Waals surface area contributed by atoms with Crippen molar-refractivity contribution in [1.29, 1.82) is 0 Å². The second-order valence-corrected chi connectivity index (χ2v) is 5.66. The molecule has 0 aromatic heterocycles. The van der Waals surface area contributed by atoms with Gasteiger partial charge in [0.1, 0.15) is 11.4 Å². The van der Waals surface area contributed by atoms with Crippen LogP contribution in [0.3, 0.4) is 0 Å². The first-order valence-electron chi connectivity index (χ1n) is 6.66. The lowest BCUT2D eigenvalue weighted by Gasteiger charge is -2.20. The van der Waals surface area contributed by atoms with E-state index in [2.05, 4.69) is 10.1 Å². The fourth-order valence-corrected chi connectivity index (χ4v) is 1.65. The zero-order valence-corrected chi connectivity index (χ0v) is 13.0. The Morgan fingerprint density at radius 3 is 2.55 bits per heavy atom. The second-order valence-electron chi connectivity index (χ2n) is 5.66. The van der Waals surface area contributed by atoms with E-state index in [9.17, 15) is 19.1 Å². The van der Waals surface area contributed by atoms with Gasteiger partial charge < -0.3 is 14.6 Å². The lowest BCUT2D eigenvalue weighted by Crippen LogP contribution is -2.27. The molecule has 6 nitrogen and oxygen atoms in total. The zero-order chi connectivity index (χ0) is 16.9. The minimum atomic E-state index is -1.37. The molecule has 0 aliphatic rings. The standard InChI is InChI=1S/C15H20FNO5/c1-15(2,3)22-14(20)17-9-5-6-11(16)10(7-9)12(18)8-13(19)21-4/h5-7,12,18H,8H2,1-4H3,(H,17,20). The number of anilines is 1. The van der Waals surface area contributed by atoms with Gasteiger partial charge in [-0.15, -0.1) is 0 Å². The number of carbonyl (C=O) groups is 2. The number of aliphatic hydroxyl groups excluding tert-OH is 1. The van der Waals surface area contributed by atoms with Gasteiger partial charge in [-0.25, -0.2) is 9.18 Å². The topological polar surface area (TPSA) is 84.9 Å². The summed E-state index contributed by atoms with van der Waals surface area (Å²) in [7, 11) is 1.17. The van der Waals surface area contributed by atoms with Crippen molar-refractivity contribution in [2.45, 2.75) is 38.9 Å². The minimum Gasteiger partial charge on any atom is -0.469 e. The van der Waals surface area contributed by atoms with Gasteiger partial charge in [0.25, 0.3) is 0 Å². The monoisotopic (exact) mass is 313 g/mol. The molecule has 0 radical (unpaired) electrons. The first-order valence-corrected chi connectivity index (χ1v) is 6.66. The predicted molar refractivity (Wildman–Crippen MR) is 77.8 cm³/mol. The van der Waals surface area contributed by atoms with E-state index in [0.29, 0.717) is 0 Å². The van der Waals surface area contributed by atoms with Crippen molar-refractivity contribution in [1.82, 2.24) is 0 Å². The Hall–Kier alpha value is -2.15. The Morgan fingerprint density at radius 2 is 2.00 bits per heavy atom. The molecule has 1 aromatic carbocycles. The Kier molecular flexibility index (Phi) is 5.87. The van der Waals surface area contributed by atoms with Gasteiger partial charge in [0.05, 0.1) is 19.6 Å². The summed E-state index contributed by atoms with van der Waals surface area (Å²) in [6, 6.07) is 3.66. The number of nitrogens with one attached hydrogen (secondary N) is 1. The van der Waals surface area contributed by atoms with E-state index < -0.39 is 29.6 Å².